The van der Waals surface area contributed by atoms with Gasteiger partial charge in [-0.1, -0.05) is 0 Å². The number of hydrogen-bond acceptors (Lipinski definition) is 8. The minimum absolute atomic E-state index is 0.0124. The predicted molar refractivity (Wildman–Crippen MR) is 149 cm³/mol. The second-order valence-corrected chi connectivity index (χ2v) is 13.7. The molecular weight excluding hydrogens is 610 g/mol. The summed E-state index contributed by atoms with van der Waals surface area (Å²) in [4.78, 5) is 29.1. The zero-order chi connectivity index (χ0) is 32.2. The molecule has 1 aromatic carbocycles. The Morgan fingerprint density at radius 2 is 2.00 bits per heavy atom. The molecule has 2 aliphatic rings. The number of sulfonamides is 1. The predicted octanol–water partition coefficient (Wildman–Crippen LogP) is 4.12. The first kappa shape index (κ1) is 31.3. The fourth-order valence-corrected chi connectivity index (χ4v) is 7.11. The maximum atomic E-state index is 16.2. The molecule has 3 aromatic rings. The lowest BCUT2D eigenvalue weighted by molar-refractivity contribution is -0.136. The van der Waals surface area contributed by atoms with E-state index in [0.29, 0.717) is 4.31 Å². The Balaban J connectivity index is 1.51. The number of nitrogens with one attached hydrogen (secondary N) is 2. The molecule has 4 heterocycles. The van der Waals surface area contributed by atoms with Crippen LogP contribution >= 0.6 is 0 Å². The number of rotatable bonds is 5. The fraction of sp³-hybridized carbons (Fsp3) is 0.481. The molecule has 5 rings (SSSR count). The van der Waals surface area contributed by atoms with Crippen molar-refractivity contribution in [3.8, 4) is 6.07 Å². The van der Waals surface area contributed by atoms with Crippen LogP contribution in [0.1, 0.15) is 39.2 Å². The summed E-state index contributed by atoms with van der Waals surface area (Å²) in [6, 6.07) is 7.31. The molecule has 0 unspecified atom stereocenters. The highest BCUT2D eigenvalue weighted by molar-refractivity contribution is 7.89. The van der Waals surface area contributed by atoms with Gasteiger partial charge in [-0.2, -0.15) is 27.8 Å². The Bertz CT molecular complexity index is 1830. The number of nitrogens with zero attached hydrogens (tertiary/aromatic N) is 5. The molecule has 0 spiro atoms. The number of anilines is 2. The third-order valence-corrected chi connectivity index (χ3v) is 9.38. The zero-order valence-corrected chi connectivity index (χ0v) is 24.7. The number of alkyl halides is 4. The Morgan fingerprint density at radius 3 is 2.64 bits per heavy atom. The maximum Gasteiger partial charge on any atom is 0.410 e. The van der Waals surface area contributed by atoms with E-state index in [1.54, 1.807) is 20.8 Å². The number of fused-ring (bicyclic) bond motifs is 2. The standard InChI is InChI=1S/C27H29F4N7O5S/c1-25(2,3)43-24(40)36-11-8-26(7-9-32,20(28)14-36)38-18-6-10-33-23(39)21(18)22(35-38)34-17-4-5-19-16(12-17)13-37(44(19,41)42)15-27(29,30)31/h4-6,10,12,20H,7-8,11,13-15H2,1-3H3,(H,33,39)(H,34,35)/t20-,26+/m1/s1. The number of aromatic amines is 1. The number of piperidine rings is 1. The summed E-state index contributed by atoms with van der Waals surface area (Å²) < 4.78 is 87.4. The van der Waals surface area contributed by atoms with Crippen LogP contribution in [0.3, 0.4) is 0 Å². The highest BCUT2D eigenvalue weighted by Gasteiger charge is 2.49. The average Bonchev–Trinajstić information content (AvgIpc) is 3.38. The van der Waals surface area contributed by atoms with Crippen LogP contribution in [-0.4, -0.2) is 76.1 Å². The monoisotopic (exact) mass is 639 g/mol. The van der Waals surface area contributed by atoms with Crippen LogP contribution in [0.25, 0.3) is 10.9 Å². The molecule has 0 bridgehead atoms. The number of benzene rings is 1. The first-order chi connectivity index (χ1) is 20.4. The van der Waals surface area contributed by atoms with Gasteiger partial charge >= 0.3 is 12.3 Å². The van der Waals surface area contributed by atoms with E-state index >= 15 is 4.39 Å². The molecule has 0 saturated carbocycles. The highest BCUT2D eigenvalue weighted by atomic mass is 32.2. The maximum absolute atomic E-state index is 16.2. The van der Waals surface area contributed by atoms with Gasteiger partial charge in [-0.05, 0) is 57.0 Å². The van der Waals surface area contributed by atoms with E-state index in [1.807, 2.05) is 6.07 Å². The molecule has 0 aliphatic carbocycles. The van der Waals surface area contributed by atoms with Crippen molar-refractivity contribution in [3.05, 3.63) is 46.4 Å². The number of aromatic nitrogens is 3. The van der Waals surface area contributed by atoms with Crippen molar-refractivity contribution in [3.63, 3.8) is 0 Å². The van der Waals surface area contributed by atoms with E-state index in [1.165, 1.54) is 34.0 Å². The van der Waals surface area contributed by atoms with Crippen LogP contribution in [0.4, 0.5) is 33.9 Å². The van der Waals surface area contributed by atoms with Crippen LogP contribution in [-0.2, 0) is 26.8 Å². The van der Waals surface area contributed by atoms with E-state index in [0.717, 1.165) is 6.07 Å². The van der Waals surface area contributed by atoms with Gasteiger partial charge in [0.25, 0.3) is 5.56 Å². The summed E-state index contributed by atoms with van der Waals surface area (Å²) in [5.74, 6) is -0.0473. The summed E-state index contributed by atoms with van der Waals surface area (Å²) >= 11 is 0. The van der Waals surface area contributed by atoms with Crippen LogP contribution in [0.15, 0.2) is 40.2 Å². The number of ether oxygens (including phenoxy) is 1. The van der Waals surface area contributed by atoms with Gasteiger partial charge in [0.05, 0.1) is 29.4 Å². The zero-order valence-electron chi connectivity index (χ0n) is 23.9. The van der Waals surface area contributed by atoms with Crippen LogP contribution < -0.4 is 10.9 Å². The highest BCUT2D eigenvalue weighted by Crippen LogP contribution is 2.40. The lowest BCUT2D eigenvalue weighted by Crippen LogP contribution is -2.56. The van der Waals surface area contributed by atoms with E-state index in [9.17, 15) is 36.4 Å². The van der Waals surface area contributed by atoms with Crippen LogP contribution in [0.5, 0.6) is 0 Å². The molecule has 1 fully saturated rings. The van der Waals surface area contributed by atoms with Crippen molar-refractivity contribution in [2.24, 2.45) is 0 Å². The van der Waals surface area contributed by atoms with E-state index in [4.69, 9.17) is 4.74 Å². The molecule has 1 amide bonds. The number of pyridine rings is 1. The Labute approximate surface area is 249 Å². The van der Waals surface area contributed by atoms with Crippen molar-refractivity contribution >= 4 is 38.5 Å². The number of likely N-dealkylation sites (tertiary alicyclic amines) is 1. The normalized spacial score (nSPS) is 22.0. The molecule has 2 atom stereocenters. The number of carbonyl (C=O) groups is 1. The molecule has 0 radical (unpaired) electrons. The Hall–Kier alpha value is -4.17. The summed E-state index contributed by atoms with van der Waals surface area (Å²) in [5.41, 5.74) is -2.44. The molecule has 2 aliphatic heterocycles. The second-order valence-electron chi connectivity index (χ2n) is 11.7. The van der Waals surface area contributed by atoms with E-state index in [2.05, 4.69) is 15.4 Å². The van der Waals surface area contributed by atoms with Crippen LogP contribution in [0, 0.1) is 11.3 Å². The van der Waals surface area contributed by atoms with Crippen molar-refractivity contribution in [1.29, 1.82) is 5.26 Å². The van der Waals surface area contributed by atoms with Gasteiger partial charge in [0.15, 0.2) is 5.82 Å². The molecule has 236 valence electrons. The number of halogens is 4. The SMILES string of the molecule is CC(C)(C)OC(=O)N1CC[C@](CC#N)(n2nc(Nc3ccc4c(c3)CN(CC(F)(F)F)S4(=O)=O)c3c(=O)[nH]ccc32)[C@H](F)C1. The number of nitriles is 1. The molecule has 17 heteroatoms. The van der Waals surface area contributed by atoms with Gasteiger partial charge in [-0.25, -0.2) is 17.6 Å². The molecule has 1 saturated heterocycles. The first-order valence-electron chi connectivity index (χ1n) is 13.5. The van der Waals surface area contributed by atoms with Crippen molar-refractivity contribution < 1.29 is 35.5 Å². The van der Waals surface area contributed by atoms with Crippen molar-refractivity contribution in [1.82, 2.24) is 24.0 Å². The van der Waals surface area contributed by atoms with Crippen molar-refractivity contribution in [2.45, 2.75) is 68.5 Å². The number of hydrogen-bond donors (Lipinski definition) is 2. The summed E-state index contributed by atoms with van der Waals surface area (Å²) in [6.07, 6.45) is -6.27. The number of amides is 1. The Morgan fingerprint density at radius 1 is 1.27 bits per heavy atom. The van der Waals surface area contributed by atoms with E-state index < -0.39 is 64.8 Å². The molecule has 12 nitrogen and oxygen atoms in total. The molecule has 2 aromatic heterocycles. The second kappa shape index (κ2) is 10.8. The quantitative estimate of drug-likeness (QED) is 0.396. The van der Waals surface area contributed by atoms with Gasteiger partial charge < -0.3 is 19.9 Å². The van der Waals surface area contributed by atoms with Gasteiger partial charge in [-0.3, -0.25) is 9.48 Å². The van der Waals surface area contributed by atoms with Crippen molar-refractivity contribution in [2.75, 3.05) is 25.0 Å². The lowest BCUT2D eigenvalue weighted by Gasteiger charge is -2.43. The van der Waals surface area contributed by atoms with Gasteiger partial charge in [0.2, 0.25) is 10.0 Å². The summed E-state index contributed by atoms with van der Waals surface area (Å²) in [5, 5.41) is 17.2. The van der Waals surface area contributed by atoms with E-state index in [-0.39, 0.29) is 52.3 Å². The largest absolute Gasteiger partial charge is 0.444 e. The minimum atomic E-state index is -4.74. The molecule has 2 N–H and O–H groups in total. The molecule has 44 heavy (non-hydrogen) atoms. The third-order valence-electron chi connectivity index (χ3n) is 7.48. The number of H-pyrrole nitrogens is 1. The number of carbonyl (C=O) groups excluding carboxylic acids is 1. The third kappa shape index (κ3) is 5.71. The fourth-order valence-electron chi connectivity index (χ4n) is 5.51. The van der Waals surface area contributed by atoms with Gasteiger partial charge in [0.1, 0.15) is 29.2 Å². The van der Waals surface area contributed by atoms with Crippen LogP contribution in [0.2, 0.25) is 0 Å². The Kier molecular flexibility index (Phi) is 7.65. The van der Waals surface area contributed by atoms with Gasteiger partial charge in [0, 0.05) is 25.0 Å². The summed E-state index contributed by atoms with van der Waals surface area (Å²) in [7, 11) is -4.36. The molecular formula is C27H29F4N7O5S. The average molecular weight is 640 g/mol. The lowest BCUT2D eigenvalue weighted by atomic mass is 9.83. The first-order valence-corrected chi connectivity index (χ1v) is 15.0. The smallest absolute Gasteiger partial charge is 0.410 e. The minimum Gasteiger partial charge on any atom is -0.444 e. The topological polar surface area (TPSA) is 153 Å². The van der Waals surface area contributed by atoms with Gasteiger partial charge in [-0.15, -0.1) is 0 Å². The summed E-state index contributed by atoms with van der Waals surface area (Å²) in [6.45, 7) is 2.54.